The number of anilines is 1. The number of imide groups is 1. The van der Waals surface area contributed by atoms with Crippen LogP contribution in [0, 0.1) is 0 Å². The van der Waals surface area contributed by atoms with Crippen molar-refractivity contribution in [2.24, 2.45) is 0 Å². The van der Waals surface area contributed by atoms with Gasteiger partial charge in [0.2, 0.25) is 5.91 Å². The summed E-state index contributed by atoms with van der Waals surface area (Å²) in [4.78, 5) is 38.6. The molecule has 0 aromatic heterocycles. The molecule has 1 saturated heterocycles. The highest BCUT2D eigenvalue weighted by atomic mass is 79.9. The Hall–Kier alpha value is -3.07. The second-order valence-corrected chi connectivity index (χ2v) is 9.51. The number of rotatable bonds is 7. The molecule has 0 atom stereocenters. The van der Waals surface area contributed by atoms with Crippen molar-refractivity contribution in [1.82, 2.24) is 4.90 Å². The van der Waals surface area contributed by atoms with Gasteiger partial charge in [0.05, 0.1) is 20.1 Å². The molecule has 0 bridgehead atoms. The SMILES string of the molecule is O=C(CN1C(=O)S/C(=C/c2ccc(OCc3ccccc3)c(Br)c2)C1=O)Nc1ccccc1Cl. The van der Waals surface area contributed by atoms with E-state index >= 15 is 0 Å². The first kappa shape index (κ1) is 24.1. The van der Waals surface area contributed by atoms with E-state index in [2.05, 4.69) is 21.2 Å². The number of nitrogens with zero attached hydrogens (tertiary/aromatic N) is 1. The molecule has 0 radical (unpaired) electrons. The standard InChI is InChI=1S/C25H18BrClN2O4S/c26-18-12-17(10-11-21(18)33-15-16-6-2-1-3-7-16)13-22-24(31)29(25(32)34-22)14-23(30)28-20-9-5-4-8-19(20)27/h1-13H,14-15H2,(H,28,30)/b22-13+. The number of halogens is 2. The fourth-order valence-electron chi connectivity index (χ4n) is 3.14. The van der Waals surface area contributed by atoms with E-state index in [0.29, 0.717) is 28.6 Å². The van der Waals surface area contributed by atoms with Gasteiger partial charge in [-0.1, -0.05) is 60.1 Å². The van der Waals surface area contributed by atoms with E-state index in [0.717, 1.165) is 26.7 Å². The summed E-state index contributed by atoms with van der Waals surface area (Å²) in [7, 11) is 0. The number of hydrogen-bond donors (Lipinski definition) is 1. The van der Waals surface area contributed by atoms with Gasteiger partial charge in [0.15, 0.2) is 0 Å². The van der Waals surface area contributed by atoms with Crippen LogP contribution in [0.2, 0.25) is 5.02 Å². The molecule has 1 fully saturated rings. The number of hydrogen-bond acceptors (Lipinski definition) is 5. The maximum absolute atomic E-state index is 12.8. The van der Waals surface area contributed by atoms with E-state index in [1.807, 2.05) is 30.3 Å². The molecule has 1 N–H and O–H groups in total. The lowest BCUT2D eigenvalue weighted by molar-refractivity contribution is -0.127. The van der Waals surface area contributed by atoms with Gasteiger partial charge in [-0.2, -0.15) is 0 Å². The van der Waals surface area contributed by atoms with Gasteiger partial charge in [-0.3, -0.25) is 19.3 Å². The predicted molar refractivity (Wildman–Crippen MR) is 138 cm³/mol. The minimum absolute atomic E-state index is 0.236. The number of thioether (sulfide) groups is 1. The fraction of sp³-hybridized carbons (Fsp3) is 0.0800. The number of ether oxygens (including phenoxy) is 1. The van der Waals surface area contributed by atoms with Crippen molar-refractivity contribution in [1.29, 1.82) is 0 Å². The zero-order valence-electron chi connectivity index (χ0n) is 17.7. The topological polar surface area (TPSA) is 75.7 Å². The second-order valence-electron chi connectivity index (χ2n) is 7.26. The molecule has 3 aromatic rings. The van der Waals surface area contributed by atoms with E-state index in [4.69, 9.17) is 16.3 Å². The highest BCUT2D eigenvalue weighted by Gasteiger charge is 2.36. The van der Waals surface area contributed by atoms with Crippen LogP contribution in [0.4, 0.5) is 10.5 Å². The van der Waals surface area contributed by atoms with Crippen LogP contribution < -0.4 is 10.1 Å². The van der Waals surface area contributed by atoms with Gasteiger partial charge in [-0.05, 0) is 69.2 Å². The number of para-hydroxylation sites is 1. The molecule has 3 aromatic carbocycles. The number of amides is 3. The molecule has 0 spiro atoms. The van der Waals surface area contributed by atoms with Crippen LogP contribution in [0.3, 0.4) is 0 Å². The highest BCUT2D eigenvalue weighted by Crippen LogP contribution is 2.34. The van der Waals surface area contributed by atoms with Crippen LogP contribution in [0.15, 0.2) is 82.2 Å². The third-order valence-corrected chi connectivity index (χ3v) is 6.67. The Kier molecular flexibility index (Phi) is 7.72. The van der Waals surface area contributed by atoms with E-state index in [-0.39, 0.29) is 4.91 Å². The molecule has 1 aliphatic rings. The third-order valence-electron chi connectivity index (χ3n) is 4.81. The van der Waals surface area contributed by atoms with Crippen molar-refractivity contribution in [3.05, 3.63) is 98.3 Å². The molecule has 172 valence electrons. The van der Waals surface area contributed by atoms with Crippen molar-refractivity contribution in [2.45, 2.75) is 6.61 Å². The summed E-state index contributed by atoms with van der Waals surface area (Å²) in [5.74, 6) is -0.380. The molecule has 1 heterocycles. The summed E-state index contributed by atoms with van der Waals surface area (Å²) in [6, 6.07) is 21.9. The maximum Gasteiger partial charge on any atom is 0.294 e. The average Bonchev–Trinajstić information content (AvgIpc) is 3.08. The van der Waals surface area contributed by atoms with Gasteiger partial charge in [-0.15, -0.1) is 0 Å². The number of nitrogens with one attached hydrogen (secondary N) is 1. The minimum Gasteiger partial charge on any atom is -0.488 e. The Morgan fingerprint density at radius 3 is 2.53 bits per heavy atom. The van der Waals surface area contributed by atoms with E-state index in [9.17, 15) is 14.4 Å². The molecule has 1 aliphatic heterocycles. The number of carbonyl (C=O) groups excluding carboxylic acids is 3. The minimum atomic E-state index is -0.523. The average molecular weight is 558 g/mol. The van der Waals surface area contributed by atoms with Gasteiger partial charge in [0, 0.05) is 0 Å². The summed E-state index contributed by atoms with van der Waals surface area (Å²) in [6.45, 7) is 0.0249. The lowest BCUT2D eigenvalue weighted by Crippen LogP contribution is -2.36. The van der Waals surface area contributed by atoms with Crippen LogP contribution >= 0.6 is 39.3 Å². The first-order valence-corrected chi connectivity index (χ1v) is 12.2. The van der Waals surface area contributed by atoms with Gasteiger partial charge < -0.3 is 10.1 Å². The van der Waals surface area contributed by atoms with E-state index < -0.39 is 23.6 Å². The molecule has 0 aliphatic carbocycles. The summed E-state index contributed by atoms with van der Waals surface area (Å²) in [5, 5.41) is 2.47. The van der Waals surface area contributed by atoms with Crippen molar-refractivity contribution in [2.75, 3.05) is 11.9 Å². The zero-order valence-corrected chi connectivity index (χ0v) is 20.8. The van der Waals surface area contributed by atoms with Crippen molar-refractivity contribution in [3.8, 4) is 5.75 Å². The zero-order chi connectivity index (χ0) is 24.1. The van der Waals surface area contributed by atoms with Crippen molar-refractivity contribution < 1.29 is 19.1 Å². The lowest BCUT2D eigenvalue weighted by atomic mass is 10.2. The summed E-state index contributed by atoms with van der Waals surface area (Å²) < 4.78 is 6.57. The fourth-order valence-corrected chi connectivity index (χ4v) is 4.68. The number of benzene rings is 3. The normalized spacial score (nSPS) is 14.5. The Morgan fingerprint density at radius 2 is 1.79 bits per heavy atom. The van der Waals surface area contributed by atoms with Gasteiger partial charge >= 0.3 is 0 Å². The third kappa shape index (κ3) is 5.88. The first-order chi connectivity index (χ1) is 16.4. The number of carbonyl (C=O) groups is 3. The Morgan fingerprint density at radius 1 is 1.06 bits per heavy atom. The molecule has 3 amide bonds. The van der Waals surface area contributed by atoms with Gasteiger partial charge in [-0.25, -0.2) is 0 Å². The smallest absolute Gasteiger partial charge is 0.294 e. The molecule has 4 rings (SSSR count). The molecule has 0 unspecified atom stereocenters. The maximum atomic E-state index is 12.8. The summed E-state index contributed by atoms with van der Waals surface area (Å²) >= 11 is 10.3. The van der Waals surface area contributed by atoms with Crippen molar-refractivity contribution >= 4 is 68.1 Å². The first-order valence-electron chi connectivity index (χ1n) is 10.2. The largest absolute Gasteiger partial charge is 0.488 e. The van der Waals surface area contributed by atoms with Gasteiger partial charge in [0.25, 0.3) is 11.1 Å². The molecule has 0 saturated carbocycles. The van der Waals surface area contributed by atoms with Crippen LogP contribution in [0.5, 0.6) is 5.75 Å². The molecule has 9 heteroatoms. The highest BCUT2D eigenvalue weighted by molar-refractivity contribution is 9.10. The van der Waals surface area contributed by atoms with Gasteiger partial charge in [0.1, 0.15) is 18.9 Å². The Labute approximate surface area is 214 Å². The van der Waals surface area contributed by atoms with E-state index in [1.54, 1.807) is 48.5 Å². The Balaban J connectivity index is 1.40. The summed E-state index contributed by atoms with van der Waals surface area (Å²) in [5.41, 5.74) is 2.17. The lowest BCUT2D eigenvalue weighted by Gasteiger charge is -2.13. The van der Waals surface area contributed by atoms with E-state index in [1.165, 1.54) is 0 Å². The van der Waals surface area contributed by atoms with Crippen LogP contribution in [-0.4, -0.2) is 28.5 Å². The predicted octanol–water partition coefficient (Wildman–Crippen LogP) is 6.36. The Bertz CT molecular complexity index is 1280. The van der Waals surface area contributed by atoms with Crippen LogP contribution in [-0.2, 0) is 16.2 Å². The molecular weight excluding hydrogens is 540 g/mol. The van der Waals surface area contributed by atoms with Crippen LogP contribution in [0.25, 0.3) is 6.08 Å². The second kappa shape index (κ2) is 10.9. The molecule has 34 heavy (non-hydrogen) atoms. The molecule has 6 nitrogen and oxygen atoms in total. The van der Waals surface area contributed by atoms with Crippen molar-refractivity contribution in [3.63, 3.8) is 0 Å². The quantitative estimate of drug-likeness (QED) is 0.342. The summed E-state index contributed by atoms with van der Waals surface area (Å²) in [6.07, 6.45) is 1.61. The van der Waals surface area contributed by atoms with Crippen LogP contribution in [0.1, 0.15) is 11.1 Å². The molecular formula is C25H18BrClN2O4S. The monoisotopic (exact) mass is 556 g/mol.